The number of hydrogen-bond donors (Lipinski definition) is 0. The summed E-state index contributed by atoms with van der Waals surface area (Å²) in [5.41, 5.74) is 0. The van der Waals surface area contributed by atoms with Crippen molar-refractivity contribution in [1.29, 1.82) is 0 Å². The normalized spacial score (nSPS) is 16.0. The Morgan fingerprint density at radius 3 is 1.58 bits per heavy atom. The monoisotopic (exact) mass is 622 g/mol. The summed E-state index contributed by atoms with van der Waals surface area (Å²) < 4.78 is 33.4. The Kier molecular flexibility index (Phi) is 16.9. The number of carbonyl (C=O) groups excluding carboxylic acids is 2. The minimum absolute atomic E-state index is 0.00582. The number of hydrogen-bond acceptors (Lipinski definition) is 8. The lowest BCUT2D eigenvalue weighted by Gasteiger charge is -2.32. The molecule has 1 aliphatic rings. The molecule has 0 saturated heterocycles. The Bertz CT molecular complexity index is 1180. The molecule has 0 heterocycles. The third-order valence-electron chi connectivity index (χ3n) is 7.65. The van der Waals surface area contributed by atoms with Crippen LogP contribution in [0.15, 0.2) is 84.3 Å². The first-order valence-corrected chi connectivity index (χ1v) is 16.5. The quantitative estimate of drug-likeness (QED) is 0.0588. The molecule has 0 fully saturated rings. The molecule has 0 aromatic heterocycles. The Morgan fingerprint density at radius 2 is 1.09 bits per heavy atom. The molecule has 0 radical (unpaired) electrons. The van der Waals surface area contributed by atoms with Crippen LogP contribution in [0, 0.1) is 0 Å². The lowest BCUT2D eigenvalue weighted by atomic mass is 10.0. The molecule has 0 spiro atoms. The van der Waals surface area contributed by atoms with Crippen LogP contribution in [0.25, 0.3) is 0 Å². The number of para-hydroxylation sites is 2. The molecule has 2 aromatic rings. The standard InChI is InChI=1S/C37H50O8/c1-3-4-5-6-7-8-9-10-11-12-13-14-15-22-29-41-37(40-2)28-27-33(44-35(38)42-31-23-18-16-19-24-31)34(30-37)45-36(39)43-32-25-20-17-21-26-32/h16-21,23-28H,3-15,22,29-30H2,1-2H3. The van der Waals surface area contributed by atoms with E-state index in [9.17, 15) is 9.59 Å². The van der Waals surface area contributed by atoms with Crippen molar-refractivity contribution < 1.29 is 38.0 Å². The first-order chi connectivity index (χ1) is 22.0. The van der Waals surface area contributed by atoms with E-state index in [1.165, 1.54) is 83.8 Å². The second-order valence-electron chi connectivity index (χ2n) is 11.3. The molecule has 8 nitrogen and oxygen atoms in total. The van der Waals surface area contributed by atoms with Gasteiger partial charge >= 0.3 is 12.3 Å². The average molecular weight is 623 g/mol. The van der Waals surface area contributed by atoms with Gasteiger partial charge in [-0.3, -0.25) is 0 Å². The Balaban J connectivity index is 1.44. The van der Waals surface area contributed by atoms with E-state index in [-0.39, 0.29) is 17.9 Å². The lowest BCUT2D eigenvalue weighted by molar-refractivity contribution is -0.192. The molecule has 3 rings (SSSR count). The Labute approximate surface area is 268 Å². The van der Waals surface area contributed by atoms with Gasteiger partial charge in [-0.1, -0.05) is 127 Å². The summed E-state index contributed by atoms with van der Waals surface area (Å²) in [5.74, 6) is -0.557. The SMILES string of the molecule is CCCCCCCCCCCCCCCCOC1(OC)C=CC(OC(=O)Oc2ccccc2)=C(OC(=O)Oc2ccccc2)C1. The Morgan fingerprint density at radius 1 is 0.622 bits per heavy atom. The molecule has 0 amide bonds. The van der Waals surface area contributed by atoms with Crippen LogP contribution >= 0.6 is 0 Å². The fourth-order valence-corrected chi connectivity index (χ4v) is 5.08. The summed E-state index contributed by atoms with van der Waals surface area (Å²) in [7, 11) is 1.52. The van der Waals surface area contributed by atoms with Crippen molar-refractivity contribution in [2.45, 2.75) is 109 Å². The molecule has 1 atom stereocenters. The summed E-state index contributed by atoms with van der Waals surface area (Å²) >= 11 is 0. The molecule has 45 heavy (non-hydrogen) atoms. The molecular formula is C37H50O8. The van der Waals surface area contributed by atoms with E-state index in [1.807, 2.05) is 0 Å². The third-order valence-corrected chi connectivity index (χ3v) is 7.65. The van der Waals surface area contributed by atoms with Crippen molar-refractivity contribution in [3.63, 3.8) is 0 Å². The maximum Gasteiger partial charge on any atom is 0.519 e. The number of ether oxygens (including phenoxy) is 6. The van der Waals surface area contributed by atoms with Gasteiger partial charge in [0.15, 0.2) is 17.3 Å². The maximum atomic E-state index is 12.7. The molecule has 8 heteroatoms. The van der Waals surface area contributed by atoms with Gasteiger partial charge in [-0.2, -0.15) is 0 Å². The molecule has 2 aromatic carbocycles. The predicted molar refractivity (Wildman–Crippen MR) is 174 cm³/mol. The van der Waals surface area contributed by atoms with Crippen LogP contribution in [0.3, 0.4) is 0 Å². The molecule has 1 unspecified atom stereocenters. The molecule has 0 bridgehead atoms. The highest BCUT2D eigenvalue weighted by atomic mass is 16.7. The van der Waals surface area contributed by atoms with Crippen LogP contribution in [0.1, 0.15) is 103 Å². The minimum atomic E-state index is -1.20. The first kappa shape index (κ1) is 35.9. The van der Waals surface area contributed by atoms with Gasteiger partial charge in [-0.05, 0) is 42.8 Å². The highest BCUT2D eigenvalue weighted by Crippen LogP contribution is 2.33. The van der Waals surface area contributed by atoms with E-state index in [1.54, 1.807) is 66.7 Å². The molecular weight excluding hydrogens is 572 g/mol. The van der Waals surface area contributed by atoms with Crippen LogP contribution in [0.2, 0.25) is 0 Å². The van der Waals surface area contributed by atoms with E-state index in [0.717, 1.165) is 19.3 Å². The molecule has 0 aliphatic heterocycles. The third kappa shape index (κ3) is 14.4. The first-order valence-electron chi connectivity index (χ1n) is 16.5. The zero-order chi connectivity index (χ0) is 32.0. The van der Waals surface area contributed by atoms with Crippen molar-refractivity contribution >= 4 is 12.3 Å². The maximum absolute atomic E-state index is 12.7. The summed E-state index contributed by atoms with van der Waals surface area (Å²) in [6.45, 7) is 2.72. The molecule has 1 aliphatic carbocycles. The van der Waals surface area contributed by atoms with Crippen LogP contribution in [0.4, 0.5) is 9.59 Å². The van der Waals surface area contributed by atoms with E-state index in [4.69, 9.17) is 28.4 Å². The van der Waals surface area contributed by atoms with Gasteiger partial charge < -0.3 is 28.4 Å². The number of unbranched alkanes of at least 4 members (excludes halogenated alkanes) is 13. The van der Waals surface area contributed by atoms with Crippen molar-refractivity contribution in [3.8, 4) is 11.5 Å². The molecule has 0 saturated carbocycles. The topological polar surface area (TPSA) is 89.5 Å². The van der Waals surface area contributed by atoms with Crippen LogP contribution < -0.4 is 9.47 Å². The summed E-state index contributed by atoms with van der Waals surface area (Å²) in [5, 5.41) is 0. The fourth-order valence-electron chi connectivity index (χ4n) is 5.08. The highest BCUT2D eigenvalue weighted by Gasteiger charge is 2.37. The highest BCUT2D eigenvalue weighted by molar-refractivity contribution is 5.67. The molecule has 0 N–H and O–H groups in total. The van der Waals surface area contributed by atoms with Gasteiger partial charge in [-0.15, -0.1) is 0 Å². The zero-order valence-corrected chi connectivity index (χ0v) is 27.0. The number of benzene rings is 2. The van der Waals surface area contributed by atoms with Crippen LogP contribution in [0.5, 0.6) is 11.5 Å². The number of rotatable bonds is 21. The number of carbonyl (C=O) groups is 2. The smallest absolute Gasteiger partial charge is 0.395 e. The van der Waals surface area contributed by atoms with Crippen molar-refractivity contribution in [3.05, 3.63) is 84.3 Å². The largest absolute Gasteiger partial charge is 0.519 e. The fraction of sp³-hybridized carbons (Fsp3) is 0.514. The second-order valence-corrected chi connectivity index (χ2v) is 11.3. The van der Waals surface area contributed by atoms with Gasteiger partial charge in [-0.25, -0.2) is 9.59 Å². The van der Waals surface area contributed by atoms with Gasteiger partial charge in [0.05, 0.1) is 13.0 Å². The van der Waals surface area contributed by atoms with Gasteiger partial charge in [0, 0.05) is 7.11 Å². The lowest BCUT2D eigenvalue weighted by Crippen LogP contribution is -2.37. The van der Waals surface area contributed by atoms with Gasteiger partial charge in [0.1, 0.15) is 11.5 Å². The summed E-state index contributed by atoms with van der Waals surface area (Å²) in [4.78, 5) is 25.2. The number of methoxy groups -OCH3 is 1. The van der Waals surface area contributed by atoms with Crippen LogP contribution in [-0.4, -0.2) is 31.8 Å². The van der Waals surface area contributed by atoms with Crippen LogP contribution in [-0.2, 0) is 18.9 Å². The van der Waals surface area contributed by atoms with Crippen molar-refractivity contribution in [2.75, 3.05) is 13.7 Å². The summed E-state index contributed by atoms with van der Waals surface area (Å²) in [6.07, 6.45) is 19.0. The summed E-state index contributed by atoms with van der Waals surface area (Å²) in [6, 6.07) is 17.1. The average Bonchev–Trinajstić information content (AvgIpc) is 3.05. The predicted octanol–water partition coefficient (Wildman–Crippen LogP) is 10.4. The van der Waals surface area contributed by atoms with E-state index >= 15 is 0 Å². The molecule has 246 valence electrons. The van der Waals surface area contributed by atoms with Gasteiger partial charge in [0.2, 0.25) is 0 Å². The second kappa shape index (κ2) is 21.2. The van der Waals surface area contributed by atoms with E-state index in [0.29, 0.717) is 18.1 Å². The zero-order valence-electron chi connectivity index (χ0n) is 27.0. The number of allylic oxidation sites excluding steroid dienone is 1. The van der Waals surface area contributed by atoms with Crippen molar-refractivity contribution in [2.24, 2.45) is 0 Å². The Hall–Kier alpha value is -3.62. The van der Waals surface area contributed by atoms with E-state index in [2.05, 4.69) is 6.92 Å². The van der Waals surface area contributed by atoms with Crippen molar-refractivity contribution in [1.82, 2.24) is 0 Å². The minimum Gasteiger partial charge on any atom is -0.395 e. The van der Waals surface area contributed by atoms with Gasteiger partial charge in [0.25, 0.3) is 0 Å². The van der Waals surface area contributed by atoms with E-state index < -0.39 is 18.1 Å².